The summed E-state index contributed by atoms with van der Waals surface area (Å²) in [6, 6.07) is 2.89. The van der Waals surface area contributed by atoms with Crippen molar-refractivity contribution >= 4 is 15.8 Å². The molecule has 0 bridgehead atoms. The zero-order valence-electron chi connectivity index (χ0n) is 9.84. The Labute approximate surface area is 101 Å². The Bertz CT molecular complexity index is 485. The SMILES string of the molecule is CC(C)(CCO)NS(=O)(=O)c1cccnc1N. The lowest BCUT2D eigenvalue weighted by molar-refractivity contribution is 0.246. The van der Waals surface area contributed by atoms with Crippen molar-refractivity contribution in [2.75, 3.05) is 12.3 Å². The van der Waals surface area contributed by atoms with Gasteiger partial charge in [-0.3, -0.25) is 0 Å². The molecule has 1 rings (SSSR count). The summed E-state index contributed by atoms with van der Waals surface area (Å²) in [5.41, 5.74) is 4.78. The van der Waals surface area contributed by atoms with E-state index in [4.69, 9.17) is 10.8 Å². The first-order valence-electron chi connectivity index (χ1n) is 5.14. The third-order valence-corrected chi connectivity index (χ3v) is 3.98. The van der Waals surface area contributed by atoms with Gasteiger partial charge >= 0.3 is 0 Å². The van der Waals surface area contributed by atoms with Crippen molar-refractivity contribution in [3.8, 4) is 0 Å². The van der Waals surface area contributed by atoms with Crippen LogP contribution in [0.4, 0.5) is 5.82 Å². The number of nitrogens with zero attached hydrogens (tertiary/aromatic N) is 1. The molecule has 7 heteroatoms. The van der Waals surface area contributed by atoms with E-state index in [0.717, 1.165) is 0 Å². The first-order valence-corrected chi connectivity index (χ1v) is 6.62. The van der Waals surface area contributed by atoms with E-state index in [1.165, 1.54) is 18.3 Å². The minimum Gasteiger partial charge on any atom is -0.396 e. The lowest BCUT2D eigenvalue weighted by Gasteiger charge is -2.25. The van der Waals surface area contributed by atoms with Gasteiger partial charge in [0.15, 0.2) is 0 Å². The lowest BCUT2D eigenvalue weighted by Crippen LogP contribution is -2.44. The average molecular weight is 259 g/mol. The molecule has 0 aliphatic carbocycles. The van der Waals surface area contributed by atoms with Crippen LogP contribution >= 0.6 is 0 Å². The molecule has 0 amide bonds. The van der Waals surface area contributed by atoms with Crippen LogP contribution < -0.4 is 10.5 Å². The molecule has 0 saturated carbocycles. The summed E-state index contributed by atoms with van der Waals surface area (Å²) in [5.74, 6) is -0.0419. The van der Waals surface area contributed by atoms with E-state index in [-0.39, 0.29) is 17.3 Å². The van der Waals surface area contributed by atoms with Crippen LogP contribution in [0.15, 0.2) is 23.2 Å². The number of nitrogens with two attached hydrogens (primary N) is 1. The number of rotatable bonds is 5. The number of anilines is 1. The molecular weight excluding hydrogens is 242 g/mol. The van der Waals surface area contributed by atoms with Gasteiger partial charge in [-0.05, 0) is 32.4 Å². The van der Waals surface area contributed by atoms with E-state index >= 15 is 0 Å². The van der Waals surface area contributed by atoms with Crippen molar-refractivity contribution in [1.29, 1.82) is 0 Å². The Morgan fingerprint density at radius 3 is 2.71 bits per heavy atom. The maximum absolute atomic E-state index is 12.0. The molecule has 0 atom stereocenters. The average Bonchev–Trinajstić information content (AvgIpc) is 2.15. The highest BCUT2D eigenvalue weighted by Crippen LogP contribution is 2.18. The standard InChI is InChI=1S/C10H17N3O3S/c1-10(2,5-7-14)13-17(15,16)8-4-3-6-12-9(8)11/h3-4,6,13-14H,5,7H2,1-2H3,(H2,11,12). The van der Waals surface area contributed by atoms with E-state index in [1.54, 1.807) is 13.8 Å². The van der Waals surface area contributed by atoms with Gasteiger partial charge in [-0.15, -0.1) is 0 Å². The highest BCUT2D eigenvalue weighted by molar-refractivity contribution is 7.89. The molecular formula is C10H17N3O3S. The molecule has 0 unspecified atom stereocenters. The third-order valence-electron chi connectivity index (χ3n) is 2.24. The molecule has 6 nitrogen and oxygen atoms in total. The van der Waals surface area contributed by atoms with Gasteiger partial charge in [0.1, 0.15) is 10.7 Å². The quantitative estimate of drug-likeness (QED) is 0.695. The molecule has 0 aromatic carbocycles. The van der Waals surface area contributed by atoms with Gasteiger partial charge in [0.05, 0.1) is 0 Å². The first kappa shape index (κ1) is 13.9. The Hall–Kier alpha value is -1.18. The molecule has 0 fully saturated rings. The van der Waals surface area contributed by atoms with Gasteiger partial charge in [0.25, 0.3) is 0 Å². The zero-order valence-corrected chi connectivity index (χ0v) is 10.7. The summed E-state index contributed by atoms with van der Waals surface area (Å²) in [6.07, 6.45) is 1.74. The fraction of sp³-hybridized carbons (Fsp3) is 0.500. The summed E-state index contributed by atoms with van der Waals surface area (Å²) < 4.78 is 26.5. The maximum atomic E-state index is 12.0. The molecule has 96 valence electrons. The summed E-state index contributed by atoms with van der Waals surface area (Å²) in [6.45, 7) is 3.28. The van der Waals surface area contributed by atoms with E-state index < -0.39 is 15.6 Å². The molecule has 0 spiro atoms. The largest absolute Gasteiger partial charge is 0.396 e. The predicted molar refractivity (Wildman–Crippen MR) is 64.8 cm³/mol. The van der Waals surface area contributed by atoms with Crippen LogP contribution in [0.25, 0.3) is 0 Å². The topological polar surface area (TPSA) is 105 Å². The molecule has 1 heterocycles. The molecule has 4 N–H and O–H groups in total. The fourth-order valence-electron chi connectivity index (χ4n) is 1.38. The second kappa shape index (κ2) is 4.99. The molecule has 0 saturated heterocycles. The van der Waals surface area contributed by atoms with E-state index in [0.29, 0.717) is 6.42 Å². The number of nitrogen functional groups attached to an aromatic ring is 1. The van der Waals surface area contributed by atoms with Crippen LogP contribution in [-0.2, 0) is 10.0 Å². The number of aliphatic hydroxyl groups excluding tert-OH is 1. The van der Waals surface area contributed by atoms with Crippen LogP contribution in [0.5, 0.6) is 0 Å². The van der Waals surface area contributed by atoms with Crippen molar-refractivity contribution in [1.82, 2.24) is 9.71 Å². The molecule has 17 heavy (non-hydrogen) atoms. The number of hydrogen-bond acceptors (Lipinski definition) is 5. The maximum Gasteiger partial charge on any atom is 0.244 e. The van der Waals surface area contributed by atoms with Crippen LogP contribution in [-0.4, -0.2) is 30.7 Å². The lowest BCUT2D eigenvalue weighted by atomic mass is 10.0. The van der Waals surface area contributed by atoms with E-state index in [9.17, 15) is 8.42 Å². The number of pyridine rings is 1. The van der Waals surface area contributed by atoms with Gasteiger partial charge in [-0.2, -0.15) is 0 Å². The van der Waals surface area contributed by atoms with Crippen molar-refractivity contribution in [3.05, 3.63) is 18.3 Å². The van der Waals surface area contributed by atoms with Crippen LogP contribution in [0, 0.1) is 0 Å². The molecule has 1 aromatic heterocycles. The minimum atomic E-state index is -3.72. The number of hydrogen-bond donors (Lipinski definition) is 3. The summed E-state index contributed by atoms with van der Waals surface area (Å²) in [7, 11) is -3.72. The Kier molecular flexibility index (Phi) is 4.07. The Morgan fingerprint density at radius 1 is 1.53 bits per heavy atom. The number of nitrogens with one attached hydrogen (secondary N) is 1. The van der Waals surface area contributed by atoms with Crippen LogP contribution in [0.2, 0.25) is 0 Å². The highest BCUT2D eigenvalue weighted by atomic mass is 32.2. The van der Waals surface area contributed by atoms with E-state index in [1.807, 2.05) is 0 Å². The molecule has 0 radical (unpaired) electrons. The smallest absolute Gasteiger partial charge is 0.244 e. The molecule has 0 aliphatic heterocycles. The van der Waals surface area contributed by atoms with Crippen molar-refractivity contribution in [2.24, 2.45) is 0 Å². The first-order chi connectivity index (χ1) is 7.78. The van der Waals surface area contributed by atoms with Gasteiger partial charge < -0.3 is 10.8 Å². The van der Waals surface area contributed by atoms with Gasteiger partial charge in [-0.25, -0.2) is 18.1 Å². The fourth-order valence-corrected chi connectivity index (χ4v) is 2.90. The van der Waals surface area contributed by atoms with E-state index in [2.05, 4.69) is 9.71 Å². The summed E-state index contributed by atoms with van der Waals surface area (Å²) in [4.78, 5) is 3.68. The van der Waals surface area contributed by atoms with Crippen LogP contribution in [0.3, 0.4) is 0 Å². The molecule has 1 aromatic rings. The van der Waals surface area contributed by atoms with Crippen molar-refractivity contribution in [2.45, 2.75) is 30.7 Å². The summed E-state index contributed by atoms with van der Waals surface area (Å²) in [5, 5.41) is 8.85. The normalized spacial score (nSPS) is 12.6. The van der Waals surface area contributed by atoms with Crippen molar-refractivity contribution < 1.29 is 13.5 Å². The Balaban J connectivity index is 3.02. The number of aromatic nitrogens is 1. The predicted octanol–water partition coefficient (Wildman–Crippen LogP) is 0.103. The van der Waals surface area contributed by atoms with Gasteiger partial charge in [0.2, 0.25) is 10.0 Å². The Morgan fingerprint density at radius 2 is 2.18 bits per heavy atom. The monoisotopic (exact) mass is 259 g/mol. The second-order valence-corrected chi connectivity index (χ2v) is 6.00. The number of sulfonamides is 1. The second-order valence-electron chi connectivity index (χ2n) is 4.35. The third kappa shape index (κ3) is 3.65. The van der Waals surface area contributed by atoms with Crippen molar-refractivity contribution in [3.63, 3.8) is 0 Å². The highest BCUT2D eigenvalue weighted by Gasteiger charge is 2.27. The number of aliphatic hydroxyl groups is 1. The molecule has 0 aliphatic rings. The van der Waals surface area contributed by atoms with Gasteiger partial charge in [0, 0.05) is 18.3 Å². The van der Waals surface area contributed by atoms with Crippen LogP contribution in [0.1, 0.15) is 20.3 Å². The summed E-state index contributed by atoms with van der Waals surface area (Å²) >= 11 is 0. The van der Waals surface area contributed by atoms with Gasteiger partial charge in [-0.1, -0.05) is 0 Å². The zero-order chi connectivity index (χ0) is 13.1. The minimum absolute atomic E-state index is 0.0419.